The summed E-state index contributed by atoms with van der Waals surface area (Å²) in [5, 5.41) is 14.8. The van der Waals surface area contributed by atoms with Crippen LogP contribution in [0, 0.1) is 17.6 Å². The van der Waals surface area contributed by atoms with E-state index in [1.54, 1.807) is 42.9 Å². The van der Waals surface area contributed by atoms with Crippen LogP contribution in [0.1, 0.15) is 56.5 Å². The number of nitrogens with two attached hydrogens (primary N) is 1. The molecule has 1 saturated carbocycles. The number of hydrogen-bond donors (Lipinski definition) is 2. The highest BCUT2D eigenvalue weighted by Crippen LogP contribution is 2.37. The van der Waals surface area contributed by atoms with Gasteiger partial charge in [-0.3, -0.25) is 4.98 Å². The molecule has 0 radical (unpaired) electrons. The van der Waals surface area contributed by atoms with E-state index in [1.807, 2.05) is 19.2 Å². The molecule has 3 heterocycles. The summed E-state index contributed by atoms with van der Waals surface area (Å²) in [6.45, 7) is 5.60. The van der Waals surface area contributed by atoms with E-state index in [9.17, 15) is 13.9 Å². The molecular weight excluding hydrogens is 476 g/mol. The zero-order chi connectivity index (χ0) is 26.3. The molecule has 0 spiro atoms. The quantitative estimate of drug-likeness (QED) is 0.394. The maximum atomic E-state index is 14.9. The predicted molar refractivity (Wildman–Crippen MR) is 136 cm³/mol. The number of nitrogens with zero attached hydrogens (tertiary/aromatic N) is 4. The molecule has 0 aliphatic heterocycles. The van der Waals surface area contributed by atoms with Crippen molar-refractivity contribution in [3.8, 4) is 17.0 Å². The average molecular weight is 508 g/mol. The van der Waals surface area contributed by atoms with Gasteiger partial charge in [-0.15, -0.1) is 0 Å². The molecule has 5 rings (SSSR count). The lowest BCUT2D eigenvalue weighted by molar-refractivity contribution is 0.0519. The molecule has 0 amide bonds. The van der Waals surface area contributed by atoms with E-state index < -0.39 is 17.7 Å². The number of imidazole rings is 1. The first kappa shape index (κ1) is 25.2. The number of aliphatic hydroxyl groups excluding tert-OH is 1. The summed E-state index contributed by atoms with van der Waals surface area (Å²) in [4.78, 5) is 8.87. The topological polar surface area (TPSA) is 98.6 Å². The fraction of sp³-hybridized carbons (Fsp3) is 0.393. The Morgan fingerprint density at radius 1 is 1.14 bits per heavy atom. The third kappa shape index (κ3) is 5.06. The van der Waals surface area contributed by atoms with Crippen LogP contribution in [0.4, 0.5) is 8.78 Å². The van der Waals surface area contributed by atoms with Crippen molar-refractivity contribution in [2.45, 2.75) is 64.2 Å². The Morgan fingerprint density at radius 3 is 2.59 bits per heavy atom. The van der Waals surface area contributed by atoms with Gasteiger partial charge in [-0.2, -0.15) is 5.10 Å². The minimum atomic E-state index is -0.747. The molecule has 0 bridgehead atoms. The minimum absolute atomic E-state index is 0.0911. The molecule has 0 unspecified atom stereocenters. The Kier molecular flexibility index (Phi) is 6.92. The van der Waals surface area contributed by atoms with Gasteiger partial charge in [0.15, 0.2) is 0 Å². The summed E-state index contributed by atoms with van der Waals surface area (Å²) >= 11 is 0. The molecule has 1 aromatic carbocycles. The fourth-order valence-electron chi connectivity index (χ4n) is 5.30. The standard InChI is InChI=1S/C28H31F2N5O2/c1-15(2)37-20-11-22(29)27(23(30)12-20)25-5-4-19-14-33-26(35(19)34-25)10-18-13-32-7-6-21(18)17-8-16(3)28(36)24(31)9-17/h4-7,11-17,24,28,36H,8-10,31H2,1-3H3/t16-,17+,24+,28-/m0/s1. The second-order valence-electron chi connectivity index (χ2n) is 10.2. The van der Waals surface area contributed by atoms with Gasteiger partial charge in [-0.1, -0.05) is 6.92 Å². The third-order valence-electron chi connectivity index (χ3n) is 7.06. The van der Waals surface area contributed by atoms with Gasteiger partial charge < -0.3 is 15.6 Å². The SMILES string of the molecule is CC(C)Oc1cc(F)c(-c2ccc3cnc(Cc4cnccc4[C@H]4C[C@@H](N)[C@@H](O)[C@@H](C)C4)n3n2)c(F)c1. The molecule has 37 heavy (non-hydrogen) atoms. The molecule has 7 nitrogen and oxygen atoms in total. The molecule has 9 heteroatoms. The monoisotopic (exact) mass is 507 g/mol. The predicted octanol–water partition coefficient (Wildman–Crippen LogP) is 4.65. The van der Waals surface area contributed by atoms with Crippen molar-refractivity contribution in [1.29, 1.82) is 0 Å². The van der Waals surface area contributed by atoms with E-state index in [2.05, 4.69) is 15.1 Å². The fourth-order valence-corrected chi connectivity index (χ4v) is 5.30. The molecule has 194 valence electrons. The molecule has 4 atom stereocenters. The number of aromatic nitrogens is 4. The Labute approximate surface area is 214 Å². The number of aliphatic hydroxyl groups is 1. The first-order chi connectivity index (χ1) is 17.7. The maximum absolute atomic E-state index is 14.9. The number of ether oxygens (including phenoxy) is 1. The van der Waals surface area contributed by atoms with Crippen molar-refractivity contribution < 1.29 is 18.6 Å². The Bertz CT molecular complexity index is 1390. The van der Waals surface area contributed by atoms with Crippen LogP contribution in [0.25, 0.3) is 16.8 Å². The highest BCUT2D eigenvalue weighted by Gasteiger charge is 2.33. The van der Waals surface area contributed by atoms with Gasteiger partial charge in [0.1, 0.15) is 23.2 Å². The van der Waals surface area contributed by atoms with Gasteiger partial charge in [0, 0.05) is 37.0 Å². The first-order valence-corrected chi connectivity index (χ1v) is 12.6. The summed E-state index contributed by atoms with van der Waals surface area (Å²) < 4.78 is 37.0. The number of rotatable bonds is 6. The van der Waals surface area contributed by atoms with Crippen LogP contribution < -0.4 is 10.5 Å². The van der Waals surface area contributed by atoms with Gasteiger partial charge in [0.2, 0.25) is 0 Å². The van der Waals surface area contributed by atoms with E-state index in [0.717, 1.165) is 17.5 Å². The van der Waals surface area contributed by atoms with Crippen LogP contribution in [-0.2, 0) is 6.42 Å². The Hall–Kier alpha value is -3.43. The zero-order valence-corrected chi connectivity index (χ0v) is 21.1. The minimum Gasteiger partial charge on any atom is -0.491 e. The second kappa shape index (κ2) is 10.1. The summed E-state index contributed by atoms with van der Waals surface area (Å²) in [5.74, 6) is -0.456. The third-order valence-corrected chi connectivity index (χ3v) is 7.06. The number of benzene rings is 1. The van der Waals surface area contributed by atoms with E-state index in [1.165, 1.54) is 12.1 Å². The maximum Gasteiger partial charge on any atom is 0.139 e. The van der Waals surface area contributed by atoms with Gasteiger partial charge in [0.25, 0.3) is 0 Å². The van der Waals surface area contributed by atoms with Crippen molar-refractivity contribution in [3.63, 3.8) is 0 Å². The van der Waals surface area contributed by atoms with Gasteiger partial charge in [0.05, 0.1) is 35.2 Å². The lowest BCUT2D eigenvalue weighted by Crippen LogP contribution is -2.44. The van der Waals surface area contributed by atoms with E-state index >= 15 is 0 Å². The number of fused-ring (bicyclic) bond motifs is 1. The largest absolute Gasteiger partial charge is 0.491 e. The highest BCUT2D eigenvalue weighted by atomic mass is 19.1. The van der Waals surface area contributed by atoms with E-state index in [0.29, 0.717) is 24.2 Å². The summed E-state index contributed by atoms with van der Waals surface area (Å²) in [6, 6.07) is 7.38. The van der Waals surface area contributed by atoms with Crippen molar-refractivity contribution in [2.24, 2.45) is 11.7 Å². The highest BCUT2D eigenvalue weighted by molar-refractivity contribution is 5.64. The van der Waals surface area contributed by atoms with Gasteiger partial charge in [-0.05, 0) is 67.9 Å². The molecule has 1 aliphatic rings. The molecule has 4 aromatic rings. The van der Waals surface area contributed by atoms with Crippen LogP contribution in [0.2, 0.25) is 0 Å². The number of halogens is 2. The van der Waals surface area contributed by atoms with Crippen LogP contribution in [0.5, 0.6) is 5.75 Å². The van der Waals surface area contributed by atoms with E-state index in [-0.39, 0.29) is 41.0 Å². The van der Waals surface area contributed by atoms with Crippen molar-refractivity contribution in [3.05, 3.63) is 77.5 Å². The number of pyridine rings is 1. The van der Waals surface area contributed by atoms with Gasteiger partial charge >= 0.3 is 0 Å². The van der Waals surface area contributed by atoms with Crippen LogP contribution >= 0.6 is 0 Å². The zero-order valence-electron chi connectivity index (χ0n) is 21.1. The van der Waals surface area contributed by atoms with Gasteiger partial charge in [-0.25, -0.2) is 18.3 Å². The van der Waals surface area contributed by atoms with Crippen molar-refractivity contribution >= 4 is 5.52 Å². The van der Waals surface area contributed by atoms with Crippen LogP contribution in [0.3, 0.4) is 0 Å². The number of hydrogen-bond acceptors (Lipinski definition) is 6. The van der Waals surface area contributed by atoms with Crippen molar-refractivity contribution in [1.82, 2.24) is 19.6 Å². The molecule has 1 fully saturated rings. The van der Waals surface area contributed by atoms with Crippen LogP contribution in [-0.4, -0.2) is 42.9 Å². The molecule has 3 aromatic heterocycles. The Morgan fingerprint density at radius 2 is 1.89 bits per heavy atom. The smallest absolute Gasteiger partial charge is 0.139 e. The summed E-state index contributed by atoms with van der Waals surface area (Å²) in [5.41, 5.74) is 8.98. The van der Waals surface area contributed by atoms with E-state index in [4.69, 9.17) is 10.5 Å². The second-order valence-corrected chi connectivity index (χ2v) is 10.2. The molecule has 1 aliphatic carbocycles. The molecular formula is C28H31F2N5O2. The molecule has 0 saturated heterocycles. The lowest BCUT2D eigenvalue weighted by Gasteiger charge is -2.36. The normalized spacial score (nSPS) is 22.1. The lowest BCUT2D eigenvalue weighted by atomic mass is 9.74. The van der Waals surface area contributed by atoms with Crippen LogP contribution in [0.15, 0.2) is 48.9 Å². The Balaban J connectivity index is 1.48. The first-order valence-electron chi connectivity index (χ1n) is 12.6. The summed E-state index contributed by atoms with van der Waals surface area (Å²) in [6.07, 6.45) is 6.49. The average Bonchev–Trinajstić information content (AvgIpc) is 3.24. The van der Waals surface area contributed by atoms with Crippen molar-refractivity contribution in [2.75, 3.05) is 0 Å². The summed E-state index contributed by atoms with van der Waals surface area (Å²) in [7, 11) is 0. The molecule has 3 N–H and O–H groups in total.